The number of carbonyl (C=O) groups is 1. The highest BCUT2D eigenvalue weighted by molar-refractivity contribution is 7.98. The van der Waals surface area contributed by atoms with E-state index >= 15 is 0 Å². The molecule has 2 aromatic carbocycles. The van der Waals surface area contributed by atoms with Gasteiger partial charge in [-0.3, -0.25) is 4.79 Å². The second-order valence-electron chi connectivity index (χ2n) is 7.13. The Kier molecular flexibility index (Phi) is 5.71. The summed E-state index contributed by atoms with van der Waals surface area (Å²) in [6.45, 7) is 3.89. The van der Waals surface area contributed by atoms with Crippen molar-refractivity contribution in [1.82, 2.24) is 25.1 Å². The van der Waals surface area contributed by atoms with Crippen LogP contribution in [0.2, 0.25) is 0 Å². The molecule has 7 heteroatoms. The minimum atomic E-state index is 0.123. The molecule has 0 bridgehead atoms. The average Bonchev–Trinajstić information content (AvgIpc) is 3.21. The van der Waals surface area contributed by atoms with Crippen molar-refractivity contribution in [3.8, 4) is 5.69 Å². The van der Waals surface area contributed by atoms with E-state index in [1.807, 2.05) is 59.5 Å². The van der Waals surface area contributed by atoms with Gasteiger partial charge in [0, 0.05) is 18.0 Å². The maximum absolute atomic E-state index is 13.1. The van der Waals surface area contributed by atoms with E-state index < -0.39 is 0 Å². The SMILES string of the molecule is CC1CCCN(C(=O)c2ccccc2SCc2nnnn2-c2ccccc2)C1. The van der Waals surface area contributed by atoms with E-state index in [2.05, 4.69) is 22.4 Å². The number of benzene rings is 2. The van der Waals surface area contributed by atoms with Crippen LogP contribution in [0, 0.1) is 5.92 Å². The molecule has 1 aliphatic heterocycles. The molecule has 1 fully saturated rings. The number of aromatic nitrogens is 4. The first kappa shape index (κ1) is 18.7. The molecule has 2 heterocycles. The molecule has 1 unspecified atom stereocenters. The van der Waals surface area contributed by atoms with Crippen molar-refractivity contribution in [3.63, 3.8) is 0 Å². The summed E-state index contributed by atoms with van der Waals surface area (Å²) in [4.78, 5) is 16.0. The second-order valence-corrected chi connectivity index (χ2v) is 8.14. The number of para-hydroxylation sites is 1. The number of piperidine rings is 1. The summed E-state index contributed by atoms with van der Waals surface area (Å²) in [5.74, 6) is 2.03. The first-order chi connectivity index (χ1) is 13.7. The normalized spacial score (nSPS) is 16.9. The molecular formula is C21H23N5OS. The van der Waals surface area contributed by atoms with Crippen molar-refractivity contribution >= 4 is 17.7 Å². The van der Waals surface area contributed by atoms with Gasteiger partial charge in [0.1, 0.15) is 0 Å². The molecule has 0 N–H and O–H groups in total. The number of thioether (sulfide) groups is 1. The molecule has 1 amide bonds. The van der Waals surface area contributed by atoms with Gasteiger partial charge in [-0.25, -0.2) is 0 Å². The Morgan fingerprint density at radius 2 is 1.93 bits per heavy atom. The molecule has 0 spiro atoms. The van der Waals surface area contributed by atoms with Gasteiger partial charge in [-0.2, -0.15) is 4.68 Å². The summed E-state index contributed by atoms with van der Waals surface area (Å²) < 4.78 is 1.74. The van der Waals surface area contributed by atoms with E-state index in [9.17, 15) is 4.79 Å². The molecule has 0 radical (unpaired) electrons. The molecule has 4 rings (SSSR count). The Bertz CT molecular complexity index is 943. The largest absolute Gasteiger partial charge is 0.338 e. The third-order valence-corrected chi connectivity index (χ3v) is 6.02. The molecule has 6 nitrogen and oxygen atoms in total. The van der Waals surface area contributed by atoms with Crippen LogP contribution < -0.4 is 0 Å². The van der Waals surface area contributed by atoms with E-state index in [4.69, 9.17) is 0 Å². The Morgan fingerprint density at radius 1 is 1.14 bits per heavy atom. The van der Waals surface area contributed by atoms with Crippen LogP contribution in [0.4, 0.5) is 0 Å². The van der Waals surface area contributed by atoms with Gasteiger partial charge in [0.2, 0.25) is 0 Å². The van der Waals surface area contributed by atoms with Crippen molar-refractivity contribution < 1.29 is 4.79 Å². The van der Waals surface area contributed by atoms with E-state index in [-0.39, 0.29) is 5.91 Å². The number of rotatable bonds is 5. The van der Waals surface area contributed by atoms with Gasteiger partial charge < -0.3 is 4.90 Å². The fourth-order valence-corrected chi connectivity index (χ4v) is 4.47. The minimum Gasteiger partial charge on any atom is -0.338 e. The maximum atomic E-state index is 13.1. The zero-order valence-electron chi connectivity index (χ0n) is 15.9. The monoisotopic (exact) mass is 393 g/mol. The lowest BCUT2D eigenvalue weighted by molar-refractivity contribution is 0.0679. The van der Waals surface area contributed by atoms with Gasteiger partial charge in [-0.1, -0.05) is 37.3 Å². The zero-order chi connectivity index (χ0) is 19.3. The summed E-state index contributed by atoms with van der Waals surface area (Å²) in [6, 6.07) is 17.6. The molecule has 3 aromatic rings. The van der Waals surface area contributed by atoms with Gasteiger partial charge in [0.15, 0.2) is 5.82 Å². The third-order valence-electron chi connectivity index (χ3n) is 4.95. The predicted molar refractivity (Wildman–Crippen MR) is 109 cm³/mol. The molecule has 1 saturated heterocycles. The summed E-state index contributed by atoms with van der Waals surface area (Å²) in [5.41, 5.74) is 1.69. The maximum Gasteiger partial charge on any atom is 0.254 e. The van der Waals surface area contributed by atoms with Crippen LogP contribution in [-0.2, 0) is 5.75 Å². The van der Waals surface area contributed by atoms with E-state index in [0.29, 0.717) is 11.7 Å². The number of carbonyl (C=O) groups excluding carboxylic acids is 1. The predicted octanol–water partition coefficient (Wildman–Crippen LogP) is 3.83. The first-order valence-electron chi connectivity index (χ1n) is 9.56. The third kappa shape index (κ3) is 4.09. The average molecular weight is 394 g/mol. The van der Waals surface area contributed by atoms with E-state index in [1.54, 1.807) is 16.4 Å². The highest BCUT2D eigenvalue weighted by Gasteiger charge is 2.24. The van der Waals surface area contributed by atoms with Crippen LogP contribution in [-0.4, -0.2) is 44.1 Å². The van der Waals surface area contributed by atoms with Crippen molar-refractivity contribution in [2.24, 2.45) is 5.92 Å². The highest BCUT2D eigenvalue weighted by atomic mass is 32.2. The quantitative estimate of drug-likeness (QED) is 0.617. The Labute approximate surface area is 168 Å². The van der Waals surface area contributed by atoms with Crippen LogP contribution in [0.1, 0.15) is 35.9 Å². The zero-order valence-corrected chi connectivity index (χ0v) is 16.7. The number of hydrogen-bond acceptors (Lipinski definition) is 5. The highest BCUT2D eigenvalue weighted by Crippen LogP contribution is 2.28. The molecule has 1 atom stereocenters. The molecule has 0 saturated carbocycles. The number of likely N-dealkylation sites (tertiary alicyclic amines) is 1. The summed E-state index contributed by atoms with van der Waals surface area (Å²) >= 11 is 1.60. The Balaban J connectivity index is 1.51. The second kappa shape index (κ2) is 8.56. The lowest BCUT2D eigenvalue weighted by atomic mass is 9.99. The van der Waals surface area contributed by atoms with Gasteiger partial charge in [0.25, 0.3) is 5.91 Å². The van der Waals surface area contributed by atoms with Gasteiger partial charge in [0.05, 0.1) is 17.0 Å². The number of hydrogen-bond donors (Lipinski definition) is 0. The van der Waals surface area contributed by atoms with Gasteiger partial charge in [-0.15, -0.1) is 16.9 Å². The molecule has 28 heavy (non-hydrogen) atoms. The van der Waals surface area contributed by atoms with Crippen molar-refractivity contribution in [2.45, 2.75) is 30.4 Å². The van der Waals surface area contributed by atoms with Crippen LogP contribution in [0.5, 0.6) is 0 Å². The van der Waals surface area contributed by atoms with Gasteiger partial charge >= 0.3 is 0 Å². The molecule has 0 aliphatic carbocycles. The fourth-order valence-electron chi connectivity index (χ4n) is 3.52. The summed E-state index contributed by atoms with van der Waals surface area (Å²) in [6.07, 6.45) is 2.27. The minimum absolute atomic E-state index is 0.123. The Morgan fingerprint density at radius 3 is 2.75 bits per heavy atom. The van der Waals surface area contributed by atoms with Crippen LogP contribution in [0.25, 0.3) is 5.69 Å². The van der Waals surface area contributed by atoms with Gasteiger partial charge in [-0.05, 0) is 53.5 Å². The topological polar surface area (TPSA) is 63.9 Å². The van der Waals surface area contributed by atoms with Crippen molar-refractivity contribution in [3.05, 3.63) is 66.0 Å². The lowest BCUT2D eigenvalue weighted by Crippen LogP contribution is -2.39. The van der Waals surface area contributed by atoms with Crippen molar-refractivity contribution in [1.29, 1.82) is 0 Å². The number of tetrazole rings is 1. The van der Waals surface area contributed by atoms with Crippen LogP contribution in [0.15, 0.2) is 59.5 Å². The number of nitrogens with zero attached hydrogens (tertiary/aromatic N) is 5. The molecule has 1 aliphatic rings. The molecule has 144 valence electrons. The summed E-state index contributed by atoms with van der Waals surface area (Å²) in [5, 5.41) is 12.1. The standard InChI is InChI=1S/C21H23N5OS/c1-16-8-7-13-25(14-16)21(27)18-11-5-6-12-19(18)28-15-20-22-23-24-26(20)17-9-3-2-4-10-17/h2-6,9-12,16H,7-8,13-15H2,1H3. The molecular weight excluding hydrogens is 370 g/mol. The lowest BCUT2D eigenvalue weighted by Gasteiger charge is -2.31. The van der Waals surface area contributed by atoms with Crippen LogP contribution >= 0.6 is 11.8 Å². The van der Waals surface area contributed by atoms with E-state index in [1.165, 1.54) is 6.42 Å². The fraction of sp³-hybridized carbons (Fsp3) is 0.333. The van der Waals surface area contributed by atoms with Crippen LogP contribution in [0.3, 0.4) is 0 Å². The summed E-state index contributed by atoms with van der Waals surface area (Å²) in [7, 11) is 0. The first-order valence-corrected chi connectivity index (χ1v) is 10.5. The Hall–Kier alpha value is -2.67. The number of amides is 1. The smallest absolute Gasteiger partial charge is 0.254 e. The molecule has 1 aromatic heterocycles. The van der Waals surface area contributed by atoms with E-state index in [0.717, 1.165) is 41.5 Å². The van der Waals surface area contributed by atoms with Crippen molar-refractivity contribution in [2.75, 3.05) is 13.1 Å².